The molecule has 0 N–H and O–H groups in total. The van der Waals surface area contributed by atoms with E-state index in [0.717, 1.165) is 77.5 Å². The summed E-state index contributed by atoms with van der Waals surface area (Å²) in [6.45, 7) is 0. The molecule has 0 atom stereocenters. The highest BCUT2D eigenvalue weighted by Gasteiger charge is 2.22. The molecule has 0 saturated heterocycles. The van der Waals surface area contributed by atoms with Crippen LogP contribution in [-0.2, 0) is 0 Å². The molecule has 0 radical (unpaired) electrons. The Hall–Kier alpha value is -6.32. The third kappa shape index (κ3) is 4.00. The van der Waals surface area contributed by atoms with E-state index in [1.165, 1.54) is 16.2 Å². The van der Waals surface area contributed by atoms with Gasteiger partial charge in [-0.25, -0.2) is 0 Å². The van der Waals surface area contributed by atoms with Crippen molar-refractivity contribution in [2.45, 2.75) is 0 Å². The highest BCUT2D eigenvalue weighted by molar-refractivity contribution is 6.20. The van der Waals surface area contributed by atoms with Gasteiger partial charge in [0.05, 0.1) is 16.8 Å². The van der Waals surface area contributed by atoms with E-state index in [9.17, 15) is 0 Å². The summed E-state index contributed by atoms with van der Waals surface area (Å²) in [6.07, 6.45) is 0. The fourth-order valence-electron chi connectivity index (χ4n) is 7.26. The summed E-state index contributed by atoms with van der Waals surface area (Å²) in [6, 6.07) is 57.9. The first-order valence-corrected chi connectivity index (χ1v) is 15.9. The number of furan rings is 2. The van der Waals surface area contributed by atoms with Crippen molar-refractivity contribution in [3.63, 3.8) is 0 Å². The number of fused-ring (bicyclic) bond motifs is 9. The van der Waals surface area contributed by atoms with Gasteiger partial charge in [-0.3, -0.25) is 0 Å². The lowest BCUT2D eigenvalue weighted by molar-refractivity contribution is 0.669. The Morgan fingerprint density at radius 1 is 0.362 bits per heavy atom. The van der Waals surface area contributed by atoms with Crippen LogP contribution in [-0.4, -0.2) is 0 Å². The van der Waals surface area contributed by atoms with E-state index in [-0.39, 0.29) is 0 Å². The average molecular weight is 602 g/mol. The van der Waals surface area contributed by atoms with Gasteiger partial charge in [0.25, 0.3) is 0 Å². The van der Waals surface area contributed by atoms with Crippen LogP contribution in [0.2, 0.25) is 0 Å². The Morgan fingerprint density at radius 2 is 1.02 bits per heavy atom. The first-order valence-electron chi connectivity index (χ1n) is 15.9. The molecule has 47 heavy (non-hydrogen) atoms. The molecule has 0 aliphatic heterocycles. The molecule has 220 valence electrons. The molecule has 0 fully saturated rings. The van der Waals surface area contributed by atoms with Gasteiger partial charge in [0.2, 0.25) is 0 Å². The maximum absolute atomic E-state index is 6.64. The van der Waals surface area contributed by atoms with E-state index < -0.39 is 0 Å². The normalized spacial score (nSPS) is 11.8. The molecule has 0 aliphatic rings. The van der Waals surface area contributed by atoms with Crippen LogP contribution in [0.4, 0.5) is 17.1 Å². The summed E-state index contributed by atoms with van der Waals surface area (Å²) < 4.78 is 12.8. The summed E-state index contributed by atoms with van der Waals surface area (Å²) in [5.74, 6) is 0. The largest absolute Gasteiger partial charge is 0.456 e. The number of para-hydroxylation sites is 1. The van der Waals surface area contributed by atoms with Crippen molar-refractivity contribution in [1.29, 1.82) is 0 Å². The molecule has 0 aliphatic carbocycles. The minimum atomic E-state index is 0.868. The van der Waals surface area contributed by atoms with Crippen LogP contribution in [0.1, 0.15) is 0 Å². The van der Waals surface area contributed by atoms with Crippen molar-refractivity contribution >= 4 is 82.5 Å². The summed E-state index contributed by atoms with van der Waals surface area (Å²) in [7, 11) is 0. The molecular weight excluding hydrogens is 574 g/mol. The van der Waals surface area contributed by atoms with Crippen LogP contribution in [0, 0.1) is 0 Å². The number of hydrogen-bond donors (Lipinski definition) is 0. The Balaban J connectivity index is 1.24. The second-order valence-corrected chi connectivity index (χ2v) is 12.1. The van der Waals surface area contributed by atoms with Gasteiger partial charge in [-0.2, -0.15) is 0 Å². The van der Waals surface area contributed by atoms with Crippen molar-refractivity contribution in [3.05, 3.63) is 164 Å². The molecule has 8 aromatic carbocycles. The fourth-order valence-corrected chi connectivity index (χ4v) is 7.26. The summed E-state index contributed by atoms with van der Waals surface area (Å²) >= 11 is 0. The maximum Gasteiger partial charge on any atom is 0.143 e. The lowest BCUT2D eigenvalue weighted by Gasteiger charge is -2.28. The fraction of sp³-hybridized carbons (Fsp3) is 0. The smallest absolute Gasteiger partial charge is 0.143 e. The number of hydrogen-bond acceptors (Lipinski definition) is 3. The molecule has 0 bridgehead atoms. The zero-order valence-electron chi connectivity index (χ0n) is 25.4. The topological polar surface area (TPSA) is 29.5 Å². The summed E-state index contributed by atoms with van der Waals surface area (Å²) in [4.78, 5) is 2.39. The predicted octanol–water partition coefficient (Wildman–Crippen LogP) is 12.9. The Bertz CT molecular complexity index is 2820. The second-order valence-electron chi connectivity index (χ2n) is 12.1. The molecule has 3 nitrogen and oxygen atoms in total. The lowest BCUT2D eigenvalue weighted by Crippen LogP contribution is -2.11. The summed E-state index contributed by atoms with van der Waals surface area (Å²) in [5.41, 5.74) is 9.11. The van der Waals surface area contributed by atoms with Gasteiger partial charge in [0, 0.05) is 32.6 Å². The van der Waals surface area contributed by atoms with Gasteiger partial charge in [-0.05, 0) is 76.5 Å². The molecule has 0 unspecified atom stereocenters. The van der Waals surface area contributed by atoms with E-state index >= 15 is 0 Å². The van der Waals surface area contributed by atoms with Crippen molar-refractivity contribution in [2.24, 2.45) is 0 Å². The number of anilines is 3. The van der Waals surface area contributed by atoms with Crippen LogP contribution in [0.15, 0.2) is 173 Å². The van der Waals surface area contributed by atoms with Gasteiger partial charge >= 0.3 is 0 Å². The van der Waals surface area contributed by atoms with Crippen molar-refractivity contribution < 1.29 is 8.83 Å². The molecule has 3 heteroatoms. The van der Waals surface area contributed by atoms with E-state index in [2.05, 4.69) is 157 Å². The minimum Gasteiger partial charge on any atom is -0.456 e. The van der Waals surface area contributed by atoms with Crippen LogP contribution in [0.25, 0.3) is 76.5 Å². The van der Waals surface area contributed by atoms with Gasteiger partial charge in [-0.1, -0.05) is 109 Å². The highest BCUT2D eigenvalue weighted by Crippen LogP contribution is 2.46. The zero-order chi connectivity index (χ0) is 30.9. The third-order valence-corrected chi connectivity index (χ3v) is 9.43. The predicted molar refractivity (Wildman–Crippen MR) is 196 cm³/mol. The van der Waals surface area contributed by atoms with Crippen molar-refractivity contribution in [1.82, 2.24) is 0 Å². The maximum atomic E-state index is 6.64. The minimum absolute atomic E-state index is 0.868. The standard InChI is InChI=1S/C44H27NO2/c1-3-15-33-28(10-1)12-8-18-38(33)45(39-19-9-21-42-43(39)36-24-22-29-11-2-4-16-34(29)44(36)47-42)32-14-7-13-30(26-32)31-23-25-41-37(27-31)35-17-5-6-20-40(35)46-41/h1-27H. The average Bonchev–Trinajstić information content (AvgIpc) is 3.71. The quantitative estimate of drug-likeness (QED) is 0.201. The number of nitrogens with zero attached hydrogens (tertiary/aromatic N) is 1. The van der Waals surface area contributed by atoms with E-state index in [1.54, 1.807) is 0 Å². The number of rotatable bonds is 4. The van der Waals surface area contributed by atoms with Crippen LogP contribution in [0.5, 0.6) is 0 Å². The van der Waals surface area contributed by atoms with Crippen LogP contribution >= 0.6 is 0 Å². The zero-order valence-corrected chi connectivity index (χ0v) is 25.4. The van der Waals surface area contributed by atoms with Gasteiger partial charge in [-0.15, -0.1) is 0 Å². The van der Waals surface area contributed by atoms with E-state index in [4.69, 9.17) is 8.83 Å². The van der Waals surface area contributed by atoms with Gasteiger partial charge in [0.15, 0.2) is 0 Å². The second kappa shape index (κ2) is 10.1. The molecule has 2 heterocycles. The SMILES string of the molecule is c1cc(-c2ccc3oc4ccccc4c3c2)cc(N(c2cccc3ccccc23)c2cccc3oc4c5ccccc5ccc4c23)c1. The Labute approximate surface area is 270 Å². The van der Waals surface area contributed by atoms with Crippen molar-refractivity contribution in [2.75, 3.05) is 4.90 Å². The van der Waals surface area contributed by atoms with Gasteiger partial charge < -0.3 is 13.7 Å². The molecule has 10 aromatic rings. The summed E-state index contributed by atoms with van der Waals surface area (Å²) in [5, 5.41) is 9.11. The highest BCUT2D eigenvalue weighted by atomic mass is 16.3. The van der Waals surface area contributed by atoms with Crippen molar-refractivity contribution in [3.8, 4) is 11.1 Å². The van der Waals surface area contributed by atoms with E-state index in [1.807, 2.05) is 12.1 Å². The van der Waals surface area contributed by atoms with Gasteiger partial charge in [0.1, 0.15) is 22.3 Å². The third-order valence-electron chi connectivity index (χ3n) is 9.43. The first kappa shape index (κ1) is 26.0. The molecular formula is C44H27NO2. The first-order chi connectivity index (χ1) is 23.3. The molecule has 0 amide bonds. The van der Waals surface area contributed by atoms with E-state index in [0.29, 0.717) is 0 Å². The molecule has 0 spiro atoms. The van der Waals surface area contributed by atoms with Crippen LogP contribution < -0.4 is 4.90 Å². The lowest BCUT2D eigenvalue weighted by atomic mass is 10.00. The Kier molecular flexibility index (Phi) is 5.57. The monoisotopic (exact) mass is 601 g/mol. The Morgan fingerprint density at radius 3 is 1.94 bits per heavy atom. The molecule has 0 saturated carbocycles. The van der Waals surface area contributed by atoms with Crippen LogP contribution in [0.3, 0.4) is 0 Å². The number of benzene rings is 8. The molecule has 10 rings (SSSR count). The molecule has 2 aromatic heterocycles.